The molecule has 2 aromatic rings. The Labute approximate surface area is 155 Å². The highest BCUT2D eigenvalue weighted by atomic mass is 35.5. The average Bonchev–Trinajstić information content (AvgIpc) is 2.63. The lowest BCUT2D eigenvalue weighted by Gasteiger charge is -2.35. The van der Waals surface area contributed by atoms with Gasteiger partial charge in [-0.15, -0.1) is 0 Å². The van der Waals surface area contributed by atoms with Crippen LogP contribution in [0.5, 0.6) is 0 Å². The number of amides is 2. The van der Waals surface area contributed by atoms with E-state index >= 15 is 0 Å². The summed E-state index contributed by atoms with van der Waals surface area (Å²) in [4.78, 5) is 31.9. The van der Waals surface area contributed by atoms with Gasteiger partial charge < -0.3 is 15.5 Å². The van der Waals surface area contributed by atoms with Crippen molar-refractivity contribution in [1.29, 1.82) is 0 Å². The number of rotatable bonds is 3. The maximum atomic E-state index is 12.6. The number of primary amides is 1. The number of nitrogens with zero attached hydrogens (tertiary/aromatic N) is 3. The summed E-state index contributed by atoms with van der Waals surface area (Å²) in [6, 6.07) is 9.98. The maximum absolute atomic E-state index is 12.6. The molecule has 1 aliphatic heterocycles. The van der Waals surface area contributed by atoms with E-state index in [1.807, 2.05) is 11.0 Å². The summed E-state index contributed by atoms with van der Waals surface area (Å²) in [5, 5.41) is 0.853. The zero-order chi connectivity index (χ0) is 18.0. The van der Waals surface area contributed by atoms with E-state index in [2.05, 4.69) is 4.98 Å². The van der Waals surface area contributed by atoms with Gasteiger partial charge in [-0.3, -0.25) is 9.59 Å². The number of carbonyl (C=O) groups is 2. The van der Waals surface area contributed by atoms with E-state index in [-0.39, 0.29) is 11.6 Å². The molecule has 0 spiro atoms. The fourth-order valence-corrected chi connectivity index (χ4v) is 3.08. The molecule has 25 heavy (non-hydrogen) atoms. The van der Waals surface area contributed by atoms with Crippen LogP contribution in [0.2, 0.25) is 10.0 Å². The number of carbonyl (C=O) groups excluding carboxylic acids is 2. The van der Waals surface area contributed by atoms with Crippen LogP contribution in [0.15, 0.2) is 36.4 Å². The molecule has 0 saturated carbocycles. The van der Waals surface area contributed by atoms with Crippen LogP contribution in [0.4, 0.5) is 5.82 Å². The van der Waals surface area contributed by atoms with Gasteiger partial charge in [0, 0.05) is 31.2 Å². The summed E-state index contributed by atoms with van der Waals surface area (Å²) in [7, 11) is 0. The van der Waals surface area contributed by atoms with Crippen molar-refractivity contribution in [2.45, 2.75) is 0 Å². The van der Waals surface area contributed by atoms with Crippen molar-refractivity contribution in [1.82, 2.24) is 9.88 Å². The molecule has 2 amide bonds. The number of anilines is 1. The molecule has 2 N–H and O–H groups in total. The smallest absolute Gasteiger partial charge is 0.267 e. The fourth-order valence-electron chi connectivity index (χ4n) is 2.71. The third kappa shape index (κ3) is 3.86. The lowest BCUT2D eigenvalue weighted by atomic mass is 10.1. The molecule has 2 heterocycles. The Hall–Kier alpha value is -2.31. The first-order valence-corrected chi connectivity index (χ1v) is 8.47. The standard InChI is InChI=1S/C17H16Cl2N4O2/c18-11-4-5-13(19)12(10-11)17(25)23-8-6-22(7-9-23)15-3-1-2-14(21-15)16(20)24/h1-5,10H,6-9H2,(H2,20,24). The van der Waals surface area contributed by atoms with Crippen LogP contribution < -0.4 is 10.6 Å². The third-order valence-corrected chi connectivity index (χ3v) is 4.60. The SMILES string of the molecule is NC(=O)c1cccc(N2CCN(C(=O)c3cc(Cl)ccc3Cl)CC2)n1. The lowest BCUT2D eigenvalue weighted by Crippen LogP contribution is -2.49. The second-order valence-electron chi connectivity index (χ2n) is 5.65. The topological polar surface area (TPSA) is 79.5 Å². The van der Waals surface area contributed by atoms with Crippen LogP contribution in [0, 0.1) is 0 Å². The van der Waals surface area contributed by atoms with Gasteiger partial charge in [-0.1, -0.05) is 29.3 Å². The molecule has 8 heteroatoms. The summed E-state index contributed by atoms with van der Waals surface area (Å²) in [6.07, 6.45) is 0. The highest BCUT2D eigenvalue weighted by Gasteiger charge is 2.24. The highest BCUT2D eigenvalue weighted by molar-refractivity contribution is 6.35. The van der Waals surface area contributed by atoms with Crippen molar-refractivity contribution < 1.29 is 9.59 Å². The second-order valence-corrected chi connectivity index (χ2v) is 6.49. The van der Waals surface area contributed by atoms with Gasteiger partial charge in [0.25, 0.3) is 11.8 Å². The van der Waals surface area contributed by atoms with Gasteiger partial charge in [0.15, 0.2) is 0 Å². The number of pyridine rings is 1. The zero-order valence-electron chi connectivity index (χ0n) is 13.3. The van der Waals surface area contributed by atoms with Gasteiger partial charge >= 0.3 is 0 Å². The molecule has 0 unspecified atom stereocenters. The Balaban J connectivity index is 1.69. The molecular formula is C17H16Cl2N4O2. The van der Waals surface area contributed by atoms with Crippen molar-refractivity contribution >= 4 is 40.8 Å². The predicted octanol–water partition coefficient (Wildman–Crippen LogP) is 2.45. The number of hydrogen-bond acceptors (Lipinski definition) is 4. The summed E-state index contributed by atoms with van der Waals surface area (Å²) in [6.45, 7) is 2.23. The highest BCUT2D eigenvalue weighted by Crippen LogP contribution is 2.23. The van der Waals surface area contributed by atoms with E-state index in [1.165, 1.54) is 0 Å². The minimum atomic E-state index is -0.564. The number of benzene rings is 1. The van der Waals surface area contributed by atoms with Gasteiger partial charge in [0.1, 0.15) is 11.5 Å². The third-order valence-electron chi connectivity index (χ3n) is 4.04. The molecule has 1 aromatic heterocycles. The summed E-state index contributed by atoms with van der Waals surface area (Å²) >= 11 is 12.1. The normalized spacial score (nSPS) is 14.5. The molecule has 130 valence electrons. The van der Waals surface area contributed by atoms with Gasteiger partial charge in [0.05, 0.1) is 10.6 Å². The molecule has 0 bridgehead atoms. The zero-order valence-corrected chi connectivity index (χ0v) is 14.8. The van der Waals surface area contributed by atoms with Crippen LogP contribution in [0.1, 0.15) is 20.8 Å². The summed E-state index contributed by atoms with van der Waals surface area (Å²) in [5.74, 6) is -0.0403. The molecule has 1 aromatic carbocycles. The van der Waals surface area contributed by atoms with Crippen LogP contribution >= 0.6 is 23.2 Å². The van der Waals surface area contributed by atoms with E-state index in [0.717, 1.165) is 0 Å². The van der Waals surface area contributed by atoms with E-state index in [4.69, 9.17) is 28.9 Å². The first-order chi connectivity index (χ1) is 12.0. The largest absolute Gasteiger partial charge is 0.364 e. The van der Waals surface area contributed by atoms with E-state index < -0.39 is 5.91 Å². The Morgan fingerprint density at radius 2 is 1.76 bits per heavy atom. The number of nitrogens with two attached hydrogens (primary N) is 1. The minimum absolute atomic E-state index is 0.147. The number of piperazine rings is 1. The summed E-state index contributed by atoms with van der Waals surface area (Å²) < 4.78 is 0. The molecule has 3 rings (SSSR count). The van der Waals surface area contributed by atoms with Crippen LogP contribution in [0.3, 0.4) is 0 Å². The van der Waals surface area contributed by atoms with Crippen molar-refractivity contribution in [3.63, 3.8) is 0 Å². The monoisotopic (exact) mass is 378 g/mol. The van der Waals surface area contributed by atoms with Gasteiger partial charge in [-0.25, -0.2) is 4.98 Å². The molecule has 1 aliphatic rings. The van der Waals surface area contributed by atoms with Crippen LogP contribution in [-0.4, -0.2) is 47.9 Å². The molecule has 1 fully saturated rings. The quantitative estimate of drug-likeness (QED) is 0.889. The Morgan fingerprint density at radius 3 is 2.44 bits per heavy atom. The van der Waals surface area contributed by atoms with E-state index in [1.54, 1.807) is 35.2 Å². The van der Waals surface area contributed by atoms with Crippen molar-refractivity contribution in [2.75, 3.05) is 31.1 Å². The number of hydrogen-bond donors (Lipinski definition) is 1. The molecule has 0 aliphatic carbocycles. The molecule has 6 nitrogen and oxygen atoms in total. The van der Waals surface area contributed by atoms with Crippen molar-refractivity contribution in [2.24, 2.45) is 5.73 Å². The van der Waals surface area contributed by atoms with Gasteiger partial charge in [-0.2, -0.15) is 0 Å². The van der Waals surface area contributed by atoms with Crippen LogP contribution in [0.25, 0.3) is 0 Å². The van der Waals surface area contributed by atoms with E-state index in [0.29, 0.717) is 47.6 Å². The van der Waals surface area contributed by atoms with Crippen molar-refractivity contribution in [3.05, 3.63) is 57.7 Å². The first-order valence-electron chi connectivity index (χ1n) is 7.72. The second kappa shape index (κ2) is 7.29. The molecular weight excluding hydrogens is 363 g/mol. The number of halogens is 2. The number of aromatic nitrogens is 1. The van der Waals surface area contributed by atoms with E-state index in [9.17, 15) is 9.59 Å². The summed E-state index contributed by atoms with van der Waals surface area (Å²) in [5.41, 5.74) is 5.89. The minimum Gasteiger partial charge on any atom is -0.364 e. The average molecular weight is 379 g/mol. The Bertz CT molecular complexity index is 820. The van der Waals surface area contributed by atoms with Crippen molar-refractivity contribution in [3.8, 4) is 0 Å². The Kier molecular flexibility index (Phi) is 5.11. The van der Waals surface area contributed by atoms with Gasteiger partial charge in [-0.05, 0) is 30.3 Å². The fraction of sp³-hybridized carbons (Fsp3) is 0.235. The lowest BCUT2D eigenvalue weighted by molar-refractivity contribution is 0.0746. The van der Waals surface area contributed by atoms with Crippen LogP contribution in [-0.2, 0) is 0 Å². The molecule has 1 saturated heterocycles. The molecule has 0 radical (unpaired) electrons. The Morgan fingerprint density at radius 1 is 1.04 bits per heavy atom. The maximum Gasteiger partial charge on any atom is 0.267 e. The molecule has 0 atom stereocenters. The van der Waals surface area contributed by atoms with Gasteiger partial charge in [0.2, 0.25) is 0 Å². The predicted molar refractivity (Wildman–Crippen MR) is 97.3 cm³/mol. The first kappa shape index (κ1) is 17.5.